The fraction of sp³-hybridized carbons (Fsp3) is 0.667. The molecule has 2 aromatic rings. The van der Waals surface area contributed by atoms with Crippen LogP contribution in [0.5, 0.6) is 0 Å². The molecule has 0 aromatic carbocycles. The zero-order valence-electron chi connectivity index (χ0n) is 16.3. The molecule has 5 rings (SSSR count). The van der Waals surface area contributed by atoms with Crippen molar-refractivity contribution in [2.75, 3.05) is 18.4 Å². The second-order valence-corrected chi connectivity index (χ2v) is 8.58. The van der Waals surface area contributed by atoms with Gasteiger partial charge in [-0.3, -0.25) is 4.68 Å². The molecule has 146 valence electrons. The van der Waals surface area contributed by atoms with E-state index in [0.717, 1.165) is 35.6 Å². The number of anilines is 1. The summed E-state index contributed by atoms with van der Waals surface area (Å²) < 4.78 is 2.01. The third-order valence-electron chi connectivity index (χ3n) is 6.61. The molecule has 3 aliphatic rings. The van der Waals surface area contributed by atoms with E-state index in [1.807, 2.05) is 30.2 Å². The fourth-order valence-corrected chi connectivity index (χ4v) is 4.57. The molecule has 0 bridgehead atoms. The summed E-state index contributed by atoms with van der Waals surface area (Å²) >= 11 is 0. The second-order valence-electron chi connectivity index (χ2n) is 8.58. The van der Waals surface area contributed by atoms with Gasteiger partial charge in [-0.15, -0.1) is 0 Å². The van der Waals surface area contributed by atoms with Crippen LogP contribution in [0.25, 0.3) is 11.3 Å². The van der Waals surface area contributed by atoms with Crippen LogP contribution >= 0.6 is 0 Å². The summed E-state index contributed by atoms with van der Waals surface area (Å²) in [5, 5.41) is 8.09. The van der Waals surface area contributed by atoms with Crippen LogP contribution < -0.4 is 5.32 Å². The molecule has 2 saturated carbocycles. The molecule has 2 aliphatic carbocycles. The number of aromatic nitrogens is 4. The van der Waals surface area contributed by atoms with Gasteiger partial charge in [0, 0.05) is 38.0 Å². The molecular formula is C21H32N6. The van der Waals surface area contributed by atoms with Gasteiger partial charge in [0.05, 0.1) is 11.9 Å². The monoisotopic (exact) mass is 368 g/mol. The van der Waals surface area contributed by atoms with Crippen molar-refractivity contribution >= 4 is 5.95 Å². The quantitative estimate of drug-likeness (QED) is 0.846. The molecule has 0 spiro atoms. The molecule has 3 heterocycles. The average Bonchev–Trinajstić information content (AvgIpc) is 3.38. The Morgan fingerprint density at radius 2 is 1.96 bits per heavy atom. The molecule has 0 atom stereocenters. The summed E-state index contributed by atoms with van der Waals surface area (Å²) in [6, 6.07) is 3.32. The number of hydrogen-bond acceptors (Lipinski definition) is 5. The summed E-state index contributed by atoms with van der Waals surface area (Å²) in [7, 11) is 2.04. The van der Waals surface area contributed by atoms with E-state index >= 15 is 0 Å². The van der Waals surface area contributed by atoms with Gasteiger partial charge in [0.25, 0.3) is 0 Å². The van der Waals surface area contributed by atoms with Gasteiger partial charge in [0.2, 0.25) is 5.95 Å². The summed E-state index contributed by atoms with van der Waals surface area (Å²) in [5.41, 5.74) is 3.46. The van der Waals surface area contributed by atoms with Crippen molar-refractivity contribution in [2.24, 2.45) is 13.0 Å². The molecule has 1 N–H and O–H groups in total. The van der Waals surface area contributed by atoms with E-state index in [9.17, 15) is 0 Å². The number of nitrogens with one attached hydrogen (secondary N) is 1. The normalized spacial score (nSPS) is 26.0. The van der Waals surface area contributed by atoms with Crippen LogP contribution in [0.2, 0.25) is 0 Å². The molecule has 27 heavy (non-hydrogen) atoms. The summed E-state index contributed by atoms with van der Waals surface area (Å²) in [6.45, 7) is 2.62. The van der Waals surface area contributed by atoms with Gasteiger partial charge in [-0.25, -0.2) is 9.97 Å². The molecule has 2 aromatic heterocycles. The SMILES string of the molecule is Cn1ncc(-c2ccnc(NC3CCC(N4CCC4)CC3)n2)c1CC1CC1.[HH]. The van der Waals surface area contributed by atoms with Gasteiger partial charge < -0.3 is 10.2 Å². The summed E-state index contributed by atoms with van der Waals surface area (Å²) in [5.74, 6) is 1.60. The maximum atomic E-state index is 4.83. The van der Waals surface area contributed by atoms with E-state index in [1.54, 1.807) is 0 Å². The summed E-state index contributed by atoms with van der Waals surface area (Å²) in [6.07, 6.45) is 14.1. The zero-order valence-corrected chi connectivity index (χ0v) is 16.3. The summed E-state index contributed by atoms with van der Waals surface area (Å²) in [4.78, 5) is 12.0. The van der Waals surface area contributed by atoms with Crippen LogP contribution in [-0.4, -0.2) is 49.8 Å². The van der Waals surface area contributed by atoms with Gasteiger partial charge in [0.1, 0.15) is 0 Å². The highest BCUT2D eigenvalue weighted by atomic mass is 15.3. The number of likely N-dealkylation sites (tertiary alicyclic amines) is 1. The van der Waals surface area contributed by atoms with Crippen LogP contribution in [-0.2, 0) is 13.5 Å². The Morgan fingerprint density at radius 3 is 2.67 bits per heavy atom. The number of hydrogen-bond donors (Lipinski definition) is 1. The van der Waals surface area contributed by atoms with Crippen molar-refractivity contribution < 1.29 is 1.43 Å². The van der Waals surface area contributed by atoms with Gasteiger partial charge >= 0.3 is 0 Å². The van der Waals surface area contributed by atoms with Crippen LogP contribution in [0, 0.1) is 5.92 Å². The lowest BCUT2D eigenvalue weighted by atomic mass is 9.89. The number of nitrogens with zero attached hydrogens (tertiary/aromatic N) is 5. The van der Waals surface area contributed by atoms with Crippen molar-refractivity contribution in [3.63, 3.8) is 0 Å². The van der Waals surface area contributed by atoms with Gasteiger partial charge in [-0.05, 0) is 76.4 Å². The second kappa shape index (κ2) is 7.23. The molecule has 0 radical (unpaired) electrons. The maximum Gasteiger partial charge on any atom is 0.223 e. The van der Waals surface area contributed by atoms with Crippen molar-refractivity contribution in [2.45, 2.75) is 63.5 Å². The maximum absolute atomic E-state index is 4.83. The minimum atomic E-state index is 0. The molecule has 1 saturated heterocycles. The Balaban J connectivity index is 0.00000192. The van der Waals surface area contributed by atoms with Crippen molar-refractivity contribution in [3.8, 4) is 11.3 Å². The molecule has 6 nitrogen and oxygen atoms in total. The largest absolute Gasteiger partial charge is 0.351 e. The third-order valence-corrected chi connectivity index (χ3v) is 6.61. The first kappa shape index (κ1) is 17.2. The van der Waals surface area contributed by atoms with E-state index in [2.05, 4.69) is 20.3 Å². The van der Waals surface area contributed by atoms with Gasteiger partial charge in [-0.1, -0.05) is 0 Å². The van der Waals surface area contributed by atoms with Crippen molar-refractivity contribution in [1.29, 1.82) is 0 Å². The Labute approximate surface area is 162 Å². The first-order valence-electron chi connectivity index (χ1n) is 10.6. The lowest BCUT2D eigenvalue weighted by Crippen LogP contribution is -2.47. The van der Waals surface area contributed by atoms with E-state index in [1.165, 1.54) is 63.7 Å². The van der Waals surface area contributed by atoms with E-state index in [-0.39, 0.29) is 1.43 Å². The first-order chi connectivity index (χ1) is 13.3. The Morgan fingerprint density at radius 1 is 1.15 bits per heavy atom. The van der Waals surface area contributed by atoms with Gasteiger partial charge in [-0.2, -0.15) is 5.10 Å². The molecule has 3 fully saturated rings. The van der Waals surface area contributed by atoms with Crippen molar-refractivity contribution in [3.05, 3.63) is 24.2 Å². The highest BCUT2D eigenvalue weighted by Crippen LogP contribution is 2.35. The molecular weight excluding hydrogens is 336 g/mol. The third kappa shape index (κ3) is 3.72. The molecule has 1 aliphatic heterocycles. The van der Waals surface area contributed by atoms with Crippen LogP contribution in [0.1, 0.15) is 52.1 Å². The van der Waals surface area contributed by atoms with Crippen LogP contribution in [0.4, 0.5) is 5.95 Å². The minimum absolute atomic E-state index is 0. The lowest BCUT2D eigenvalue weighted by Gasteiger charge is -2.42. The van der Waals surface area contributed by atoms with E-state index in [0.29, 0.717) is 6.04 Å². The Kier molecular flexibility index (Phi) is 4.60. The Hall–Kier alpha value is -1.95. The smallest absolute Gasteiger partial charge is 0.223 e. The topological polar surface area (TPSA) is 58.9 Å². The predicted octanol–water partition coefficient (Wildman–Crippen LogP) is 3.50. The molecule has 6 heteroatoms. The minimum Gasteiger partial charge on any atom is -0.351 e. The first-order valence-corrected chi connectivity index (χ1v) is 10.6. The standard InChI is InChI=1S/C21H30N6.H2/c1-26-20(13-15-3-4-15)18(14-23-26)19-9-10-22-21(25-19)24-16-5-7-17(8-6-16)27-11-2-12-27;/h9-10,14-17H,2-8,11-13H2,1H3,(H,22,24,25);1H. The molecule has 0 amide bonds. The van der Waals surface area contributed by atoms with E-state index < -0.39 is 0 Å². The van der Waals surface area contributed by atoms with Gasteiger partial charge in [0.15, 0.2) is 0 Å². The van der Waals surface area contributed by atoms with Crippen LogP contribution in [0.15, 0.2) is 18.5 Å². The highest BCUT2D eigenvalue weighted by molar-refractivity contribution is 5.62. The van der Waals surface area contributed by atoms with Crippen LogP contribution in [0.3, 0.4) is 0 Å². The molecule has 0 unspecified atom stereocenters. The Bertz CT molecular complexity index is 790. The highest BCUT2D eigenvalue weighted by Gasteiger charge is 2.29. The predicted molar refractivity (Wildman–Crippen MR) is 109 cm³/mol. The lowest BCUT2D eigenvalue weighted by molar-refractivity contribution is 0.0888. The zero-order chi connectivity index (χ0) is 18.2. The number of aryl methyl sites for hydroxylation is 1. The van der Waals surface area contributed by atoms with Crippen molar-refractivity contribution in [1.82, 2.24) is 24.6 Å². The number of rotatable bonds is 6. The van der Waals surface area contributed by atoms with E-state index in [4.69, 9.17) is 4.98 Å². The fourth-order valence-electron chi connectivity index (χ4n) is 4.57. The average molecular weight is 369 g/mol.